The number of para-hydroxylation sites is 1. The van der Waals surface area contributed by atoms with Crippen LogP contribution in [0.5, 0.6) is 5.75 Å². The van der Waals surface area contributed by atoms with Crippen LogP contribution in [-0.2, 0) is 4.79 Å². The molecule has 0 heterocycles. The van der Waals surface area contributed by atoms with Gasteiger partial charge in [-0.1, -0.05) is 41.9 Å². The number of nitrogens with zero attached hydrogens (tertiary/aromatic N) is 2. The number of nitro benzene ring substituents is 1. The molecule has 41 heavy (non-hydrogen) atoms. The van der Waals surface area contributed by atoms with Crippen LogP contribution in [-0.4, -0.2) is 28.9 Å². The van der Waals surface area contributed by atoms with E-state index in [4.69, 9.17) is 16.3 Å². The molecule has 0 unspecified atom stereocenters. The monoisotopic (exact) mass is 568 g/mol. The first kappa shape index (κ1) is 28.4. The third-order valence-electron chi connectivity index (χ3n) is 5.52. The minimum absolute atomic E-state index is 0.0575. The van der Waals surface area contributed by atoms with Crippen molar-refractivity contribution in [1.82, 2.24) is 5.43 Å². The van der Waals surface area contributed by atoms with Crippen molar-refractivity contribution in [3.63, 3.8) is 0 Å². The Morgan fingerprint density at radius 3 is 2.37 bits per heavy atom. The summed E-state index contributed by atoms with van der Waals surface area (Å²) in [6, 6.07) is 25.2. The normalized spacial score (nSPS) is 10.9. The lowest BCUT2D eigenvalue weighted by Crippen LogP contribution is -2.18. The van der Waals surface area contributed by atoms with E-state index >= 15 is 0 Å². The molecule has 0 saturated heterocycles. The summed E-state index contributed by atoms with van der Waals surface area (Å²) in [6.07, 6.45) is 3.98. The Morgan fingerprint density at radius 1 is 0.878 bits per heavy atom. The number of rotatable bonds is 9. The van der Waals surface area contributed by atoms with E-state index in [9.17, 15) is 24.5 Å². The minimum Gasteiger partial charge on any atom is -0.423 e. The fraction of sp³-hybridized carbons (Fsp3) is 0. The first-order valence-electron chi connectivity index (χ1n) is 12.0. The van der Waals surface area contributed by atoms with Crippen molar-refractivity contribution in [3.05, 3.63) is 141 Å². The molecule has 11 heteroatoms. The van der Waals surface area contributed by atoms with Crippen molar-refractivity contribution in [1.29, 1.82) is 0 Å². The molecule has 0 spiro atoms. The fourth-order valence-corrected chi connectivity index (χ4v) is 3.72. The zero-order valence-corrected chi connectivity index (χ0v) is 21.9. The van der Waals surface area contributed by atoms with Crippen LogP contribution < -0.4 is 15.5 Å². The van der Waals surface area contributed by atoms with Crippen molar-refractivity contribution in [2.45, 2.75) is 0 Å². The van der Waals surface area contributed by atoms with Gasteiger partial charge in [-0.05, 0) is 66.2 Å². The smallest absolute Gasteiger partial charge is 0.336 e. The van der Waals surface area contributed by atoms with Crippen LogP contribution in [0.1, 0.15) is 31.8 Å². The number of benzene rings is 4. The molecule has 0 aromatic heterocycles. The van der Waals surface area contributed by atoms with E-state index in [1.54, 1.807) is 66.7 Å². The number of hydrogen-bond acceptors (Lipinski definition) is 7. The van der Waals surface area contributed by atoms with Gasteiger partial charge in [0.15, 0.2) is 0 Å². The van der Waals surface area contributed by atoms with E-state index in [0.29, 0.717) is 27.4 Å². The number of hydrazone groups is 1. The number of carbonyl (C=O) groups is 3. The lowest BCUT2D eigenvalue weighted by atomic mass is 10.1. The largest absolute Gasteiger partial charge is 0.423 e. The summed E-state index contributed by atoms with van der Waals surface area (Å²) >= 11 is 6.08. The summed E-state index contributed by atoms with van der Waals surface area (Å²) in [4.78, 5) is 47.7. The minimum atomic E-state index is -0.677. The predicted molar refractivity (Wildman–Crippen MR) is 155 cm³/mol. The Morgan fingerprint density at radius 2 is 1.61 bits per heavy atom. The van der Waals surface area contributed by atoms with Crippen LogP contribution in [0, 0.1) is 10.1 Å². The summed E-state index contributed by atoms with van der Waals surface area (Å²) < 4.78 is 5.38. The van der Waals surface area contributed by atoms with Crippen molar-refractivity contribution in [2.24, 2.45) is 5.10 Å². The van der Waals surface area contributed by atoms with Crippen LogP contribution in [0.3, 0.4) is 0 Å². The summed E-state index contributed by atoms with van der Waals surface area (Å²) in [5.41, 5.74) is 4.29. The number of non-ortho nitro benzene ring substituents is 1. The van der Waals surface area contributed by atoms with Crippen LogP contribution in [0.2, 0.25) is 5.02 Å². The van der Waals surface area contributed by atoms with Gasteiger partial charge in [-0.3, -0.25) is 19.7 Å². The first-order valence-corrected chi connectivity index (χ1v) is 12.4. The number of hydrogen-bond donors (Lipinski definition) is 2. The highest BCUT2D eigenvalue weighted by molar-refractivity contribution is 6.34. The molecule has 4 rings (SSSR count). The van der Waals surface area contributed by atoms with E-state index in [1.807, 2.05) is 0 Å². The molecule has 4 aromatic carbocycles. The SMILES string of the molecule is O=C(/C=C/c1ccc([N+](=O)[O-])cc1)Oc1ccccc1C=NNC(=O)c1cccc(NC(=O)c2ccccc2Cl)c1. The van der Waals surface area contributed by atoms with Crippen LogP contribution in [0.4, 0.5) is 11.4 Å². The maximum Gasteiger partial charge on any atom is 0.336 e. The number of nitro groups is 1. The fourth-order valence-electron chi connectivity index (χ4n) is 3.50. The van der Waals surface area contributed by atoms with Crippen LogP contribution in [0.25, 0.3) is 6.08 Å². The van der Waals surface area contributed by atoms with Gasteiger partial charge in [0.05, 0.1) is 21.7 Å². The second-order valence-electron chi connectivity index (χ2n) is 8.35. The second-order valence-corrected chi connectivity index (χ2v) is 8.76. The molecule has 2 amide bonds. The van der Waals surface area contributed by atoms with E-state index in [1.165, 1.54) is 48.7 Å². The highest BCUT2D eigenvalue weighted by Gasteiger charge is 2.12. The zero-order valence-electron chi connectivity index (χ0n) is 21.2. The molecule has 0 aliphatic rings. The molecule has 0 radical (unpaired) electrons. The average molecular weight is 569 g/mol. The molecule has 0 atom stereocenters. The van der Waals surface area contributed by atoms with Crippen LogP contribution >= 0.6 is 11.6 Å². The van der Waals surface area contributed by atoms with Gasteiger partial charge < -0.3 is 10.1 Å². The predicted octanol–water partition coefficient (Wildman–Crippen LogP) is 5.88. The van der Waals surface area contributed by atoms with Gasteiger partial charge in [0.2, 0.25) is 0 Å². The molecule has 0 bridgehead atoms. The van der Waals surface area contributed by atoms with Gasteiger partial charge >= 0.3 is 5.97 Å². The maximum absolute atomic E-state index is 12.6. The number of halogens is 1. The van der Waals surface area contributed by atoms with Crippen molar-refractivity contribution in [3.8, 4) is 5.75 Å². The Kier molecular flexibility index (Phi) is 9.32. The molecule has 2 N–H and O–H groups in total. The first-order chi connectivity index (χ1) is 19.8. The molecule has 4 aromatic rings. The number of esters is 1. The van der Waals surface area contributed by atoms with Gasteiger partial charge in [-0.15, -0.1) is 0 Å². The molecule has 0 aliphatic carbocycles. The van der Waals surface area contributed by atoms with E-state index in [-0.39, 0.29) is 17.0 Å². The number of carbonyl (C=O) groups excluding carboxylic acids is 3. The molecular weight excluding hydrogens is 548 g/mol. The third-order valence-corrected chi connectivity index (χ3v) is 5.85. The Labute approximate surface area is 239 Å². The van der Waals surface area contributed by atoms with Crippen molar-refractivity contribution >= 4 is 53.0 Å². The third kappa shape index (κ3) is 7.94. The summed E-state index contributed by atoms with van der Waals surface area (Å²) in [7, 11) is 0. The van der Waals surface area contributed by atoms with E-state index in [0.717, 1.165) is 0 Å². The quantitative estimate of drug-likeness (QED) is 0.0645. The highest BCUT2D eigenvalue weighted by Crippen LogP contribution is 2.19. The number of nitrogens with one attached hydrogen (secondary N) is 2. The topological polar surface area (TPSA) is 140 Å². The van der Waals surface area contributed by atoms with Crippen LogP contribution in [0.15, 0.2) is 108 Å². The molecule has 0 aliphatic heterocycles. The van der Waals surface area contributed by atoms with Gasteiger partial charge in [0, 0.05) is 35.0 Å². The number of anilines is 1. The summed E-state index contributed by atoms with van der Waals surface area (Å²) in [5.74, 6) is -1.42. The van der Waals surface area contributed by atoms with Crippen molar-refractivity contribution in [2.75, 3.05) is 5.32 Å². The molecule has 204 valence electrons. The number of ether oxygens (including phenoxy) is 1. The Balaban J connectivity index is 1.36. The molecule has 10 nitrogen and oxygen atoms in total. The van der Waals surface area contributed by atoms with Gasteiger partial charge in [-0.25, -0.2) is 10.2 Å². The zero-order chi connectivity index (χ0) is 29.2. The molecule has 0 saturated carbocycles. The Hall–Kier alpha value is -5.61. The van der Waals surface area contributed by atoms with Crippen molar-refractivity contribution < 1.29 is 24.0 Å². The Bertz CT molecular complexity index is 1670. The average Bonchev–Trinajstić information content (AvgIpc) is 2.97. The molecule has 0 fully saturated rings. The lowest BCUT2D eigenvalue weighted by molar-refractivity contribution is -0.384. The van der Waals surface area contributed by atoms with E-state index in [2.05, 4.69) is 15.8 Å². The van der Waals surface area contributed by atoms with Gasteiger partial charge in [0.1, 0.15) is 5.75 Å². The van der Waals surface area contributed by atoms with Gasteiger partial charge in [0.25, 0.3) is 17.5 Å². The molecular formula is C30H21ClN4O6. The highest BCUT2D eigenvalue weighted by atomic mass is 35.5. The standard InChI is InChI=1S/C30H21ClN4O6/c31-26-10-3-2-9-25(26)30(38)33-23-8-5-7-21(18-23)29(37)34-32-19-22-6-1-4-11-27(22)41-28(36)17-14-20-12-15-24(16-13-20)35(39)40/h1-19H,(H,33,38)(H,34,37)/b17-14+,32-19?. The number of amides is 2. The van der Waals surface area contributed by atoms with E-state index < -0.39 is 22.7 Å². The maximum atomic E-state index is 12.6. The summed E-state index contributed by atoms with van der Waals surface area (Å²) in [6.45, 7) is 0. The second kappa shape index (κ2) is 13.5. The van der Waals surface area contributed by atoms with Gasteiger partial charge in [-0.2, -0.15) is 5.10 Å². The lowest BCUT2D eigenvalue weighted by Gasteiger charge is -2.08. The summed E-state index contributed by atoms with van der Waals surface area (Å²) in [5, 5.41) is 17.7.